The topological polar surface area (TPSA) is 55.9 Å². The number of benzene rings is 2. The molecule has 2 aromatic heterocycles. The highest BCUT2D eigenvalue weighted by molar-refractivity contribution is 5.80. The van der Waals surface area contributed by atoms with Crippen molar-refractivity contribution in [3.8, 4) is 11.6 Å². The highest BCUT2D eigenvalue weighted by atomic mass is 16.3. The van der Waals surface area contributed by atoms with E-state index >= 15 is 0 Å². The van der Waals surface area contributed by atoms with Crippen LogP contribution < -0.4 is 0 Å². The standard InChI is InChI=1S/C20H20N4O/c1-15(16-7-3-2-4-8-16)24-18-10-6-5-9-17(18)22-20(24)19-21-11-12-23(19)13-14-25/h2-12,15,25H,13-14H2,1H3/t15-/m1/s1. The van der Waals surface area contributed by atoms with Gasteiger partial charge in [-0.1, -0.05) is 42.5 Å². The van der Waals surface area contributed by atoms with Crippen molar-refractivity contribution in [2.45, 2.75) is 19.5 Å². The van der Waals surface area contributed by atoms with E-state index in [1.807, 2.05) is 35.0 Å². The number of para-hydroxylation sites is 2. The fourth-order valence-corrected chi connectivity index (χ4v) is 3.28. The van der Waals surface area contributed by atoms with Crippen LogP contribution in [0.2, 0.25) is 0 Å². The van der Waals surface area contributed by atoms with Crippen molar-refractivity contribution < 1.29 is 5.11 Å². The Morgan fingerprint density at radius 1 is 1.00 bits per heavy atom. The Labute approximate surface area is 146 Å². The van der Waals surface area contributed by atoms with Crippen LogP contribution in [0.3, 0.4) is 0 Å². The van der Waals surface area contributed by atoms with Crippen molar-refractivity contribution in [2.75, 3.05) is 6.61 Å². The Bertz CT molecular complexity index is 987. The number of rotatable bonds is 5. The lowest BCUT2D eigenvalue weighted by atomic mass is 10.1. The second-order valence-electron chi connectivity index (χ2n) is 6.05. The molecule has 0 saturated heterocycles. The van der Waals surface area contributed by atoms with E-state index in [1.165, 1.54) is 5.56 Å². The SMILES string of the molecule is C[C@H](c1ccccc1)n1c(-c2nccn2CCO)nc2ccccc21. The highest BCUT2D eigenvalue weighted by Gasteiger charge is 2.21. The van der Waals surface area contributed by atoms with Crippen molar-refractivity contribution in [3.63, 3.8) is 0 Å². The van der Waals surface area contributed by atoms with Crippen LogP contribution in [0.5, 0.6) is 0 Å². The van der Waals surface area contributed by atoms with E-state index in [1.54, 1.807) is 6.20 Å². The minimum Gasteiger partial charge on any atom is -0.395 e. The summed E-state index contributed by atoms with van der Waals surface area (Å²) < 4.78 is 4.16. The molecule has 5 heteroatoms. The molecular formula is C20H20N4O. The first-order chi connectivity index (χ1) is 12.3. The van der Waals surface area contributed by atoms with Gasteiger partial charge in [0, 0.05) is 18.9 Å². The van der Waals surface area contributed by atoms with Crippen molar-refractivity contribution in [1.82, 2.24) is 19.1 Å². The Kier molecular flexibility index (Phi) is 4.07. The van der Waals surface area contributed by atoms with Crippen LogP contribution in [0.1, 0.15) is 18.5 Å². The van der Waals surface area contributed by atoms with Crippen LogP contribution >= 0.6 is 0 Å². The summed E-state index contributed by atoms with van der Waals surface area (Å²) in [7, 11) is 0. The molecule has 0 spiro atoms. The summed E-state index contributed by atoms with van der Waals surface area (Å²) in [4.78, 5) is 9.35. The largest absolute Gasteiger partial charge is 0.395 e. The van der Waals surface area contributed by atoms with Crippen molar-refractivity contribution in [3.05, 3.63) is 72.6 Å². The molecule has 25 heavy (non-hydrogen) atoms. The van der Waals surface area contributed by atoms with Gasteiger partial charge in [0.1, 0.15) is 0 Å². The summed E-state index contributed by atoms with van der Waals surface area (Å²) in [5.41, 5.74) is 3.23. The first kappa shape index (κ1) is 15.6. The lowest BCUT2D eigenvalue weighted by molar-refractivity contribution is 0.276. The molecule has 0 fully saturated rings. The van der Waals surface area contributed by atoms with E-state index < -0.39 is 0 Å². The molecule has 0 aliphatic carbocycles. The fourth-order valence-electron chi connectivity index (χ4n) is 3.28. The number of hydrogen-bond donors (Lipinski definition) is 1. The average molecular weight is 332 g/mol. The zero-order chi connectivity index (χ0) is 17.2. The Balaban J connectivity index is 1.94. The predicted octanol–water partition coefficient (Wildman–Crippen LogP) is 3.50. The molecular weight excluding hydrogens is 312 g/mol. The van der Waals surface area contributed by atoms with Crippen LogP contribution in [0.15, 0.2) is 67.0 Å². The van der Waals surface area contributed by atoms with Gasteiger partial charge in [-0.15, -0.1) is 0 Å². The maximum atomic E-state index is 9.33. The predicted molar refractivity (Wildman–Crippen MR) is 98.3 cm³/mol. The quantitative estimate of drug-likeness (QED) is 0.608. The molecule has 2 aromatic carbocycles. The normalized spacial score (nSPS) is 12.6. The molecule has 126 valence electrons. The van der Waals surface area contributed by atoms with Gasteiger partial charge in [0.2, 0.25) is 0 Å². The third kappa shape index (κ3) is 2.72. The van der Waals surface area contributed by atoms with Gasteiger partial charge in [-0.25, -0.2) is 9.97 Å². The molecule has 0 radical (unpaired) electrons. The van der Waals surface area contributed by atoms with Crippen LogP contribution in [0.4, 0.5) is 0 Å². The highest BCUT2D eigenvalue weighted by Crippen LogP contribution is 2.30. The average Bonchev–Trinajstić information content (AvgIpc) is 3.26. The summed E-state index contributed by atoms with van der Waals surface area (Å²) in [6.45, 7) is 2.74. The Hall–Kier alpha value is -2.92. The van der Waals surface area contributed by atoms with Gasteiger partial charge >= 0.3 is 0 Å². The molecule has 4 rings (SSSR count). The minimum atomic E-state index is 0.0673. The number of aromatic nitrogens is 4. The first-order valence-electron chi connectivity index (χ1n) is 8.44. The molecule has 0 amide bonds. The number of aliphatic hydroxyl groups is 1. The molecule has 2 heterocycles. The number of nitrogens with zero attached hydrogens (tertiary/aromatic N) is 4. The fraction of sp³-hybridized carbons (Fsp3) is 0.200. The van der Waals surface area contributed by atoms with Crippen molar-refractivity contribution >= 4 is 11.0 Å². The van der Waals surface area contributed by atoms with Gasteiger partial charge in [-0.3, -0.25) is 0 Å². The van der Waals surface area contributed by atoms with Gasteiger partial charge in [-0.05, 0) is 24.6 Å². The molecule has 0 unspecified atom stereocenters. The smallest absolute Gasteiger partial charge is 0.178 e. The van der Waals surface area contributed by atoms with Gasteiger partial charge in [0.05, 0.1) is 23.7 Å². The summed E-state index contributed by atoms with van der Waals surface area (Å²) in [5.74, 6) is 1.59. The lowest BCUT2D eigenvalue weighted by Gasteiger charge is -2.18. The van der Waals surface area contributed by atoms with Crippen molar-refractivity contribution in [2.24, 2.45) is 0 Å². The van der Waals surface area contributed by atoms with Gasteiger partial charge < -0.3 is 14.2 Å². The van der Waals surface area contributed by atoms with Gasteiger partial charge in [0.25, 0.3) is 0 Å². The molecule has 0 aliphatic rings. The second-order valence-corrected chi connectivity index (χ2v) is 6.05. The monoisotopic (exact) mass is 332 g/mol. The molecule has 1 atom stereocenters. The van der Waals surface area contributed by atoms with Crippen molar-refractivity contribution in [1.29, 1.82) is 0 Å². The summed E-state index contributed by atoms with van der Waals surface area (Å²) in [6, 6.07) is 18.6. The van der Waals surface area contributed by atoms with Crippen LogP contribution in [0.25, 0.3) is 22.7 Å². The maximum absolute atomic E-state index is 9.33. The van der Waals surface area contributed by atoms with Gasteiger partial charge in [0.15, 0.2) is 11.6 Å². The number of aliphatic hydroxyl groups excluding tert-OH is 1. The first-order valence-corrected chi connectivity index (χ1v) is 8.44. The van der Waals surface area contributed by atoms with E-state index in [0.717, 1.165) is 22.7 Å². The summed E-state index contributed by atoms with van der Waals surface area (Å²) in [5, 5.41) is 9.33. The molecule has 0 saturated carbocycles. The zero-order valence-electron chi connectivity index (χ0n) is 14.1. The molecule has 5 nitrogen and oxygen atoms in total. The molecule has 1 N–H and O–H groups in total. The number of fused-ring (bicyclic) bond motifs is 1. The Morgan fingerprint density at radius 2 is 1.76 bits per heavy atom. The van der Waals surface area contributed by atoms with Crippen LogP contribution in [0, 0.1) is 0 Å². The van der Waals surface area contributed by atoms with Gasteiger partial charge in [-0.2, -0.15) is 0 Å². The maximum Gasteiger partial charge on any atom is 0.178 e. The van der Waals surface area contributed by atoms with Crippen LogP contribution in [-0.2, 0) is 6.54 Å². The second kappa shape index (κ2) is 6.53. The van der Waals surface area contributed by atoms with E-state index in [2.05, 4.69) is 46.8 Å². The molecule has 0 bridgehead atoms. The van der Waals surface area contributed by atoms with E-state index in [-0.39, 0.29) is 12.6 Å². The van der Waals surface area contributed by atoms with E-state index in [4.69, 9.17) is 4.98 Å². The molecule has 4 aromatic rings. The number of imidazole rings is 2. The van der Waals surface area contributed by atoms with E-state index in [0.29, 0.717) is 6.54 Å². The summed E-state index contributed by atoms with van der Waals surface area (Å²) in [6.07, 6.45) is 3.63. The number of hydrogen-bond acceptors (Lipinski definition) is 3. The Morgan fingerprint density at radius 3 is 2.56 bits per heavy atom. The van der Waals surface area contributed by atoms with Crippen LogP contribution in [-0.4, -0.2) is 30.8 Å². The summed E-state index contributed by atoms with van der Waals surface area (Å²) >= 11 is 0. The lowest BCUT2D eigenvalue weighted by Crippen LogP contribution is -2.11. The minimum absolute atomic E-state index is 0.0673. The third-order valence-corrected chi connectivity index (χ3v) is 4.52. The van der Waals surface area contributed by atoms with E-state index in [9.17, 15) is 5.11 Å². The third-order valence-electron chi connectivity index (χ3n) is 4.52. The molecule has 0 aliphatic heterocycles. The zero-order valence-corrected chi connectivity index (χ0v) is 14.1.